The van der Waals surface area contributed by atoms with Gasteiger partial charge < -0.3 is 10.6 Å². The first kappa shape index (κ1) is 20.2. The van der Waals surface area contributed by atoms with Crippen LogP contribution >= 0.6 is 24.0 Å². The van der Waals surface area contributed by atoms with Crippen molar-refractivity contribution in [2.24, 2.45) is 4.99 Å². The van der Waals surface area contributed by atoms with Crippen molar-refractivity contribution < 1.29 is 0 Å². The Balaban J connectivity index is 0.00000243. The summed E-state index contributed by atoms with van der Waals surface area (Å²) in [6.45, 7) is 2.64. The topological polar surface area (TPSA) is 54.2 Å². The molecule has 3 rings (SSSR count). The van der Waals surface area contributed by atoms with Crippen molar-refractivity contribution in [3.8, 4) is 0 Å². The van der Waals surface area contributed by atoms with Crippen molar-refractivity contribution >= 4 is 40.7 Å². The van der Waals surface area contributed by atoms with Crippen LogP contribution in [0.1, 0.15) is 12.0 Å². The summed E-state index contributed by atoms with van der Waals surface area (Å²) < 4.78 is 1.94. The van der Waals surface area contributed by atoms with Crippen LogP contribution in [0.15, 0.2) is 65.9 Å². The number of fused-ring (bicyclic) bond motifs is 1. The molecule has 0 bridgehead atoms. The summed E-state index contributed by atoms with van der Waals surface area (Å²) in [5, 5.41) is 13.5. The van der Waals surface area contributed by atoms with E-state index >= 15 is 0 Å². The molecule has 0 amide bonds. The predicted octanol–water partition coefficient (Wildman–Crippen LogP) is 3.45. The average Bonchev–Trinajstić information content (AvgIpc) is 3.17. The van der Waals surface area contributed by atoms with Crippen LogP contribution in [0, 0.1) is 0 Å². The van der Waals surface area contributed by atoms with Gasteiger partial charge in [0.15, 0.2) is 5.96 Å². The molecule has 0 aliphatic heterocycles. The zero-order valence-corrected chi connectivity index (χ0v) is 17.4. The lowest BCUT2D eigenvalue weighted by atomic mass is 10.1. The lowest BCUT2D eigenvalue weighted by Gasteiger charge is -2.12. The van der Waals surface area contributed by atoms with Gasteiger partial charge in [-0.3, -0.25) is 9.67 Å². The largest absolute Gasteiger partial charge is 0.356 e. The van der Waals surface area contributed by atoms with Crippen molar-refractivity contribution in [2.45, 2.75) is 19.4 Å². The Labute approximate surface area is 171 Å². The molecule has 6 heteroatoms. The fourth-order valence-electron chi connectivity index (χ4n) is 2.82. The number of nitrogens with one attached hydrogen (secondary N) is 2. The Kier molecular flexibility index (Phi) is 8.40. The summed E-state index contributed by atoms with van der Waals surface area (Å²) in [5.74, 6) is 0.848. The van der Waals surface area contributed by atoms with Crippen LogP contribution in [0.25, 0.3) is 10.8 Å². The number of aliphatic imine (C=N–C) groups is 1. The van der Waals surface area contributed by atoms with Gasteiger partial charge in [-0.2, -0.15) is 5.10 Å². The Hall–Kier alpha value is -2.09. The highest BCUT2D eigenvalue weighted by Gasteiger charge is 2.00. The lowest BCUT2D eigenvalue weighted by Crippen LogP contribution is -2.39. The van der Waals surface area contributed by atoms with Crippen LogP contribution in [0.2, 0.25) is 0 Å². The maximum absolute atomic E-state index is 4.28. The van der Waals surface area contributed by atoms with Gasteiger partial charge in [-0.25, -0.2) is 0 Å². The number of halogens is 1. The summed E-state index contributed by atoms with van der Waals surface area (Å²) in [5.41, 5.74) is 1.33. The van der Waals surface area contributed by atoms with E-state index in [-0.39, 0.29) is 24.0 Å². The van der Waals surface area contributed by atoms with E-state index in [0.717, 1.165) is 38.4 Å². The Morgan fingerprint density at radius 3 is 2.62 bits per heavy atom. The van der Waals surface area contributed by atoms with Crippen LogP contribution in [0.4, 0.5) is 0 Å². The summed E-state index contributed by atoms with van der Waals surface area (Å²) in [4.78, 5) is 4.28. The molecule has 1 heterocycles. The maximum atomic E-state index is 4.28. The van der Waals surface area contributed by atoms with E-state index in [1.165, 1.54) is 16.3 Å². The third-order valence-electron chi connectivity index (χ3n) is 4.16. The number of rotatable bonds is 7. The first-order chi connectivity index (χ1) is 12.3. The molecule has 26 heavy (non-hydrogen) atoms. The quantitative estimate of drug-likeness (QED) is 0.244. The second kappa shape index (κ2) is 10.8. The van der Waals surface area contributed by atoms with E-state index in [9.17, 15) is 0 Å². The van der Waals surface area contributed by atoms with Gasteiger partial charge in [0.25, 0.3) is 0 Å². The van der Waals surface area contributed by atoms with Crippen LogP contribution in [0.5, 0.6) is 0 Å². The molecule has 0 aliphatic carbocycles. The van der Waals surface area contributed by atoms with Crippen LogP contribution in [-0.2, 0) is 13.0 Å². The molecule has 0 fully saturated rings. The monoisotopic (exact) mass is 463 g/mol. The molecule has 0 radical (unpaired) electrons. The maximum Gasteiger partial charge on any atom is 0.190 e. The second-order valence-electron chi connectivity index (χ2n) is 5.98. The molecule has 2 aromatic carbocycles. The molecule has 0 atom stereocenters. The van der Waals surface area contributed by atoms with E-state index in [2.05, 4.69) is 63.2 Å². The number of hydrogen-bond acceptors (Lipinski definition) is 2. The predicted molar refractivity (Wildman–Crippen MR) is 119 cm³/mol. The number of aromatic nitrogens is 2. The Bertz CT molecular complexity index is 814. The fraction of sp³-hybridized carbons (Fsp3) is 0.300. The van der Waals surface area contributed by atoms with Gasteiger partial charge in [0, 0.05) is 39.1 Å². The van der Waals surface area contributed by atoms with Crippen LogP contribution in [0.3, 0.4) is 0 Å². The normalized spacial score (nSPS) is 11.2. The number of benzene rings is 2. The van der Waals surface area contributed by atoms with E-state index < -0.39 is 0 Å². The van der Waals surface area contributed by atoms with Crippen molar-refractivity contribution in [2.75, 3.05) is 20.1 Å². The number of guanidine groups is 1. The molecule has 0 saturated carbocycles. The highest BCUT2D eigenvalue weighted by Crippen LogP contribution is 2.15. The smallest absolute Gasteiger partial charge is 0.190 e. The zero-order chi connectivity index (χ0) is 17.3. The van der Waals surface area contributed by atoms with Gasteiger partial charge in [0.05, 0.1) is 0 Å². The molecule has 5 nitrogen and oxygen atoms in total. The van der Waals surface area contributed by atoms with E-state index in [4.69, 9.17) is 0 Å². The Morgan fingerprint density at radius 2 is 1.85 bits per heavy atom. The van der Waals surface area contributed by atoms with Crippen LogP contribution < -0.4 is 10.6 Å². The zero-order valence-electron chi connectivity index (χ0n) is 15.1. The first-order valence-electron chi connectivity index (χ1n) is 8.75. The highest BCUT2D eigenvalue weighted by molar-refractivity contribution is 14.0. The van der Waals surface area contributed by atoms with Gasteiger partial charge in [-0.1, -0.05) is 42.5 Å². The molecular weight excluding hydrogens is 437 g/mol. The Morgan fingerprint density at radius 1 is 1.04 bits per heavy atom. The molecule has 0 aliphatic rings. The summed E-state index contributed by atoms with van der Waals surface area (Å²) in [6.07, 6.45) is 5.77. The van der Waals surface area contributed by atoms with Crippen molar-refractivity contribution in [3.63, 3.8) is 0 Å². The minimum Gasteiger partial charge on any atom is -0.356 e. The van der Waals surface area contributed by atoms with Crippen molar-refractivity contribution in [3.05, 3.63) is 66.5 Å². The third kappa shape index (κ3) is 6.01. The molecule has 0 unspecified atom stereocenters. The molecule has 2 N–H and O–H groups in total. The fourth-order valence-corrected chi connectivity index (χ4v) is 2.82. The lowest BCUT2D eigenvalue weighted by molar-refractivity contribution is 0.570. The van der Waals surface area contributed by atoms with E-state index in [1.807, 2.05) is 16.9 Å². The molecule has 138 valence electrons. The van der Waals surface area contributed by atoms with Gasteiger partial charge in [-0.15, -0.1) is 24.0 Å². The van der Waals surface area contributed by atoms with Crippen LogP contribution in [-0.4, -0.2) is 35.9 Å². The molecule has 0 saturated heterocycles. The SMILES string of the molecule is CN=C(NCCCn1cccn1)NCCc1ccc2ccccc2c1.I. The third-order valence-corrected chi connectivity index (χ3v) is 4.16. The summed E-state index contributed by atoms with van der Waals surface area (Å²) in [7, 11) is 1.80. The summed E-state index contributed by atoms with van der Waals surface area (Å²) >= 11 is 0. The number of nitrogens with zero attached hydrogens (tertiary/aromatic N) is 3. The van der Waals surface area contributed by atoms with Gasteiger partial charge in [-0.05, 0) is 35.2 Å². The molecular formula is C20H26IN5. The molecule has 1 aromatic heterocycles. The first-order valence-corrected chi connectivity index (χ1v) is 8.75. The number of hydrogen-bond donors (Lipinski definition) is 2. The van der Waals surface area contributed by atoms with Gasteiger partial charge in [0.2, 0.25) is 0 Å². The minimum absolute atomic E-state index is 0. The standard InChI is InChI=1S/C20H25N5.HI/c1-21-20(22-11-4-14-25-15-5-12-24-25)23-13-10-17-8-9-18-6-2-3-7-19(18)16-17;/h2-3,5-9,12,15-16H,4,10-11,13-14H2,1H3,(H2,21,22,23);1H. The highest BCUT2D eigenvalue weighted by atomic mass is 127. The summed E-state index contributed by atoms with van der Waals surface area (Å²) in [6, 6.07) is 17.1. The average molecular weight is 463 g/mol. The van der Waals surface area contributed by atoms with Crippen molar-refractivity contribution in [1.82, 2.24) is 20.4 Å². The van der Waals surface area contributed by atoms with Gasteiger partial charge in [0.1, 0.15) is 0 Å². The molecule has 3 aromatic rings. The molecule has 0 spiro atoms. The van der Waals surface area contributed by atoms with E-state index in [1.54, 1.807) is 13.2 Å². The van der Waals surface area contributed by atoms with Gasteiger partial charge >= 0.3 is 0 Å². The minimum atomic E-state index is 0. The second-order valence-corrected chi connectivity index (χ2v) is 5.98. The van der Waals surface area contributed by atoms with Crippen molar-refractivity contribution in [1.29, 1.82) is 0 Å². The van der Waals surface area contributed by atoms with E-state index in [0.29, 0.717) is 0 Å². The number of aryl methyl sites for hydroxylation is 1.